The van der Waals surface area contributed by atoms with Gasteiger partial charge in [-0.15, -0.1) is 0 Å². The molecule has 0 saturated carbocycles. The third kappa shape index (κ3) is 6.80. The van der Waals surface area contributed by atoms with Gasteiger partial charge in [-0.3, -0.25) is 4.79 Å². The molecule has 0 aliphatic heterocycles. The fourth-order valence-electron chi connectivity index (χ4n) is 1.24. The Hall–Kier alpha value is -0.610. The Morgan fingerprint density at radius 3 is 2.38 bits per heavy atom. The predicted molar refractivity (Wildman–Crippen MR) is 64.1 cm³/mol. The molecule has 0 aromatic carbocycles. The monoisotopic (exact) mass is 231 g/mol. The van der Waals surface area contributed by atoms with Gasteiger partial charge in [0.15, 0.2) is 0 Å². The molecular formula is C12H25NO3. The fraction of sp³-hybridized carbons (Fsp3) is 0.917. The van der Waals surface area contributed by atoms with E-state index in [0.29, 0.717) is 6.61 Å². The van der Waals surface area contributed by atoms with Gasteiger partial charge in [0.05, 0.1) is 18.3 Å². The molecular weight excluding hydrogens is 206 g/mol. The summed E-state index contributed by atoms with van der Waals surface area (Å²) in [6, 6.07) is -0.712. The zero-order valence-electron chi connectivity index (χ0n) is 11.1. The molecule has 0 bridgehead atoms. The van der Waals surface area contributed by atoms with Crippen LogP contribution in [0, 0.1) is 0 Å². The summed E-state index contributed by atoms with van der Waals surface area (Å²) < 4.78 is 10.6. The van der Waals surface area contributed by atoms with E-state index in [0.717, 1.165) is 12.8 Å². The van der Waals surface area contributed by atoms with Gasteiger partial charge < -0.3 is 15.2 Å². The molecule has 0 fully saturated rings. The Bertz CT molecular complexity index is 211. The molecule has 4 heteroatoms. The van der Waals surface area contributed by atoms with E-state index in [1.54, 1.807) is 6.92 Å². The van der Waals surface area contributed by atoms with Crippen molar-refractivity contribution < 1.29 is 14.3 Å². The molecule has 0 radical (unpaired) electrons. The van der Waals surface area contributed by atoms with Crippen LogP contribution in [0.5, 0.6) is 0 Å². The van der Waals surface area contributed by atoms with Crippen LogP contribution in [0.4, 0.5) is 0 Å². The lowest BCUT2D eigenvalue weighted by molar-refractivity contribution is -0.152. The van der Waals surface area contributed by atoms with E-state index >= 15 is 0 Å². The van der Waals surface area contributed by atoms with Crippen LogP contribution in [0.2, 0.25) is 0 Å². The number of nitrogens with two attached hydrogens (primary N) is 1. The summed E-state index contributed by atoms with van der Waals surface area (Å²) in [5.74, 6) is -0.384. The highest BCUT2D eigenvalue weighted by atomic mass is 16.5. The standard InChI is InChI=1S/C12H25NO3/c1-6-7-8-15-11(14)10(13)9(2)16-12(3,4)5/h9-10H,6-8,13H2,1-5H3/t9-,10+/m1/s1. The van der Waals surface area contributed by atoms with E-state index < -0.39 is 6.04 Å². The van der Waals surface area contributed by atoms with Crippen molar-refractivity contribution in [1.29, 1.82) is 0 Å². The fourth-order valence-corrected chi connectivity index (χ4v) is 1.24. The minimum absolute atomic E-state index is 0.305. The first kappa shape index (κ1) is 15.4. The van der Waals surface area contributed by atoms with Gasteiger partial charge >= 0.3 is 5.97 Å². The van der Waals surface area contributed by atoms with Gasteiger partial charge in [-0.1, -0.05) is 13.3 Å². The second kappa shape index (κ2) is 6.86. The van der Waals surface area contributed by atoms with Crippen molar-refractivity contribution in [3.8, 4) is 0 Å². The second-order valence-corrected chi connectivity index (χ2v) is 4.98. The van der Waals surface area contributed by atoms with E-state index in [1.165, 1.54) is 0 Å². The molecule has 16 heavy (non-hydrogen) atoms. The van der Waals surface area contributed by atoms with Gasteiger partial charge in [-0.2, -0.15) is 0 Å². The summed E-state index contributed by atoms with van der Waals surface area (Å²) in [7, 11) is 0. The molecule has 0 saturated heterocycles. The number of carbonyl (C=O) groups excluding carboxylic acids is 1. The average Bonchev–Trinajstić information content (AvgIpc) is 2.14. The SMILES string of the molecule is CCCCOC(=O)[C@@H](N)[C@@H](C)OC(C)(C)C. The van der Waals surface area contributed by atoms with Crippen LogP contribution >= 0.6 is 0 Å². The van der Waals surface area contributed by atoms with Crippen LogP contribution in [-0.4, -0.2) is 30.3 Å². The average molecular weight is 231 g/mol. The van der Waals surface area contributed by atoms with Crippen LogP contribution in [0.1, 0.15) is 47.5 Å². The van der Waals surface area contributed by atoms with Crippen molar-refractivity contribution in [2.24, 2.45) is 5.73 Å². The topological polar surface area (TPSA) is 61.5 Å². The van der Waals surface area contributed by atoms with Gasteiger partial charge in [0, 0.05) is 0 Å². The van der Waals surface area contributed by atoms with E-state index in [9.17, 15) is 4.79 Å². The van der Waals surface area contributed by atoms with E-state index in [4.69, 9.17) is 15.2 Å². The summed E-state index contributed by atoms with van der Waals surface area (Å²) in [4.78, 5) is 11.5. The molecule has 0 rings (SSSR count). The summed E-state index contributed by atoms with van der Waals surface area (Å²) >= 11 is 0. The lowest BCUT2D eigenvalue weighted by Gasteiger charge is -2.27. The first-order valence-electron chi connectivity index (χ1n) is 5.88. The first-order valence-corrected chi connectivity index (χ1v) is 5.88. The number of hydrogen-bond acceptors (Lipinski definition) is 4. The van der Waals surface area contributed by atoms with E-state index in [-0.39, 0.29) is 17.7 Å². The molecule has 0 unspecified atom stereocenters. The molecule has 4 nitrogen and oxygen atoms in total. The molecule has 96 valence electrons. The summed E-state index contributed by atoms with van der Waals surface area (Å²) in [6.07, 6.45) is 1.53. The first-order chi connectivity index (χ1) is 7.28. The van der Waals surface area contributed by atoms with E-state index in [2.05, 4.69) is 0 Å². The largest absolute Gasteiger partial charge is 0.464 e. The minimum Gasteiger partial charge on any atom is -0.464 e. The normalized spacial score (nSPS) is 15.6. The molecule has 0 spiro atoms. The van der Waals surface area contributed by atoms with Crippen molar-refractivity contribution in [2.75, 3.05) is 6.61 Å². The van der Waals surface area contributed by atoms with Gasteiger partial charge in [0.1, 0.15) is 6.04 Å². The summed E-state index contributed by atoms with van der Waals surface area (Å²) in [6.45, 7) is 10.1. The van der Waals surface area contributed by atoms with Gasteiger partial charge in [0.25, 0.3) is 0 Å². The number of unbranched alkanes of at least 4 members (excludes halogenated alkanes) is 1. The Balaban J connectivity index is 4.01. The van der Waals surface area contributed by atoms with E-state index in [1.807, 2.05) is 27.7 Å². The zero-order valence-corrected chi connectivity index (χ0v) is 11.1. The molecule has 0 aliphatic rings. The molecule has 2 atom stereocenters. The quantitative estimate of drug-likeness (QED) is 0.560. The summed E-state index contributed by atoms with van der Waals surface area (Å²) in [5, 5.41) is 0. The maximum absolute atomic E-state index is 11.5. The Morgan fingerprint density at radius 2 is 1.94 bits per heavy atom. The molecule has 0 heterocycles. The zero-order chi connectivity index (χ0) is 12.8. The lowest BCUT2D eigenvalue weighted by Crippen LogP contribution is -2.45. The highest BCUT2D eigenvalue weighted by Gasteiger charge is 2.26. The van der Waals surface area contributed by atoms with Gasteiger partial charge in [0.2, 0.25) is 0 Å². The smallest absolute Gasteiger partial charge is 0.325 e. The van der Waals surface area contributed by atoms with Gasteiger partial charge in [-0.25, -0.2) is 0 Å². The third-order valence-corrected chi connectivity index (χ3v) is 2.06. The van der Waals surface area contributed by atoms with Crippen LogP contribution in [0.25, 0.3) is 0 Å². The maximum Gasteiger partial charge on any atom is 0.325 e. The predicted octanol–water partition coefficient (Wildman–Crippen LogP) is 1.86. The van der Waals surface area contributed by atoms with Crippen LogP contribution in [0.15, 0.2) is 0 Å². The molecule has 0 aliphatic carbocycles. The molecule has 0 amide bonds. The van der Waals surface area contributed by atoms with Crippen molar-refractivity contribution in [3.63, 3.8) is 0 Å². The number of rotatable bonds is 6. The Morgan fingerprint density at radius 1 is 1.38 bits per heavy atom. The highest BCUT2D eigenvalue weighted by Crippen LogP contribution is 2.12. The van der Waals surface area contributed by atoms with Crippen LogP contribution < -0.4 is 5.73 Å². The van der Waals surface area contributed by atoms with Crippen molar-refractivity contribution in [1.82, 2.24) is 0 Å². The number of hydrogen-bond donors (Lipinski definition) is 1. The molecule has 0 aromatic heterocycles. The summed E-state index contributed by atoms with van der Waals surface area (Å²) in [5.41, 5.74) is 5.45. The van der Waals surface area contributed by atoms with Crippen molar-refractivity contribution in [2.45, 2.75) is 65.2 Å². The Labute approximate surface area is 98.5 Å². The molecule has 0 aromatic rings. The number of carbonyl (C=O) groups is 1. The third-order valence-electron chi connectivity index (χ3n) is 2.06. The lowest BCUT2D eigenvalue weighted by atomic mass is 10.1. The van der Waals surface area contributed by atoms with Crippen LogP contribution in [0.3, 0.4) is 0 Å². The number of ether oxygens (including phenoxy) is 2. The highest BCUT2D eigenvalue weighted by molar-refractivity contribution is 5.76. The second-order valence-electron chi connectivity index (χ2n) is 4.98. The Kier molecular flexibility index (Phi) is 6.60. The van der Waals surface area contributed by atoms with Gasteiger partial charge in [-0.05, 0) is 34.1 Å². The van der Waals surface area contributed by atoms with Crippen molar-refractivity contribution >= 4 is 5.97 Å². The van der Waals surface area contributed by atoms with Crippen LogP contribution in [-0.2, 0) is 14.3 Å². The maximum atomic E-state index is 11.5. The molecule has 2 N–H and O–H groups in total. The minimum atomic E-state index is -0.712. The van der Waals surface area contributed by atoms with Crippen molar-refractivity contribution in [3.05, 3.63) is 0 Å². The number of esters is 1.